The average Bonchev–Trinajstić information content (AvgIpc) is 2.61. The van der Waals surface area contributed by atoms with Crippen molar-refractivity contribution in [1.29, 1.82) is 21.0 Å². The predicted molar refractivity (Wildman–Crippen MR) is 76.6 cm³/mol. The molecular formula is C16H16N4O4. The highest BCUT2D eigenvalue weighted by Gasteiger charge is 2.64. The molecule has 2 atom stereocenters. The van der Waals surface area contributed by atoms with Gasteiger partial charge in [0.05, 0.1) is 24.3 Å². The maximum absolute atomic E-state index is 9.52. The van der Waals surface area contributed by atoms with Gasteiger partial charge in [0.15, 0.2) is 10.8 Å². The first-order valence-electron chi connectivity index (χ1n) is 7.10. The van der Waals surface area contributed by atoms with Gasteiger partial charge in [0, 0.05) is 40.9 Å². The van der Waals surface area contributed by atoms with Gasteiger partial charge in [0.1, 0.15) is 11.5 Å². The number of hydrogen-bond donors (Lipinski definition) is 0. The first kappa shape index (κ1) is 17.6. The Hall–Kier alpha value is -2.78. The molecule has 0 aromatic carbocycles. The molecule has 2 aliphatic rings. The molecule has 24 heavy (non-hydrogen) atoms. The second kappa shape index (κ2) is 5.39. The van der Waals surface area contributed by atoms with Gasteiger partial charge >= 0.3 is 0 Å². The van der Waals surface area contributed by atoms with Crippen LogP contribution in [0.5, 0.6) is 0 Å². The van der Waals surface area contributed by atoms with Crippen LogP contribution in [-0.2, 0) is 18.9 Å². The highest BCUT2D eigenvalue weighted by Crippen LogP contribution is 2.56. The number of hydrogen-bond acceptors (Lipinski definition) is 8. The minimum absolute atomic E-state index is 0.207. The van der Waals surface area contributed by atoms with E-state index < -0.39 is 22.4 Å². The number of nitrogens with zero attached hydrogens (tertiary/aromatic N) is 4. The van der Waals surface area contributed by atoms with E-state index in [4.69, 9.17) is 18.9 Å². The highest BCUT2D eigenvalue weighted by molar-refractivity contribution is 5.41. The van der Waals surface area contributed by atoms with Crippen molar-refractivity contribution in [3.8, 4) is 24.3 Å². The van der Waals surface area contributed by atoms with Crippen LogP contribution in [0.4, 0.5) is 0 Å². The van der Waals surface area contributed by atoms with Crippen LogP contribution in [0.1, 0.15) is 26.7 Å². The fraction of sp³-hybridized carbons (Fsp3) is 0.625. The molecule has 0 N–H and O–H groups in total. The van der Waals surface area contributed by atoms with E-state index in [0.717, 1.165) is 0 Å². The lowest BCUT2D eigenvalue weighted by Crippen LogP contribution is -2.60. The molecule has 1 heterocycles. The van der Waals surface area contributed by atoms with Crippen LogP contribution in [-0.4, -0.2) is 25.8 Å². The quantitative estimate of drug-likeness (QED) is 0.749. The van der Waals surface area contributed by atoms with Gasteiger partial charge in [-0.15, -0.1) is 0 Å². The van der Waals surface area contributed by atoms with Gasteiger partial charge in [0.25, 0.3) is 11.6 Å². The van der Waals surface area contributed by atoms with Crippen molar-refractivity contribution in [3.63, 3.8) is 0 Å². The second-order valence-corrected chi connectivity index (χ2v) is 5.96. The number of rotatable bonds is 2. The van der Waals surface area contributed by atoms with E-state index >= 15 is 0 Å². The van der Waals surface area contributed by atoms with E-state index in [0.29, 0.717) is 0 Å². The van der Waals surface area contributed by atoms with Crippen LogP contribution < -0.4 is 0 Å². The van der Waals surface area contributed by atoms with Gasteiger partial charge in [-0.25, -0.2) is 0 Å². The van der Waals surface area contributed by atoms with Gasteiger partial charge in [-0.2, -0.15) is 21.0 Å². The molecule has 0 bridgehead atoms. The maximum Gasteiger partial charge on any atom is 0.272 e. The molecule has 0 amide bonds. The standard InChI is InChI=1S/C16H16N4O4/c1-13(21-3)14(2,22-4)24-12-6-16(9-19,10-20)15(7-17,8-18)5-11(12)23-13/h5-6H2,1-4H3/t13-,14-/m1/s1. The van der Waals surface area contributed by atoms with E-state index in [2.05, 4.69) is 0 Å². The minimum Gasteiger partial charge on any atom is -0.456 e. The highest BCUT2D eigenvalue weighted by atomic mass is 16.8. The summed E-state index contributed by atoms with van der Waals surface area (Å²) < 4.78 is 22.5. The van der Waals surface area contributed by atoms with E-state index in [1.807, 2.05) is 24.3 Å². The van der Waals surface area contributed by atoms with Crippen molar-refractivity contribution in [2.45, 2.75) is 38.3 Å². The van der Waals surface area contributed by atoms with Crippen LogP contribution in [0.15, 0.2) is 11.5 Å². The van der Waals surface area contributed by atoms with Crippen molar-refractivity contribution in [2.75, 3.05) is 14.2 Å². The lowest BCUT2D eigenvalue weighted by atomic mass is 9.59. The third-order valence-corrected chi connectivity index (χ3v) is 4.89. The van der Waals surface area contributed by atoms with E-state index in [9.17, 15) is 21.0 Å². The Bertz CT molecular complexity index is 671. The molecule has 0 radical (unpaired) electrons. The summed E-state index contributed by atoms with van der Waals surface area (Å²) in [5.74, 6) is -2.26. The summed E-state index contributed by atoms with van der Waals surface area (Å²) in [6, 6.07) is 7.30. The number of ether oxygens (including phenoxy) is 4. The van der Waals surface area contributed by atoms with Crippen molar-refractivity contribution in [1.82, 2.24) is 0 Å². The molecule has 1 aliphatic carbocycles. The zero-order valence-electron chi connectivity index (χ0n) is 13.8. The number of methoxy groups -OCH3 is 2. The average molecular weight is 328 g/mol. The molecule has 8 heteroatoms. The van der Waals surface area contributed by atoms with Crippen LogP contribution >= 0.6 is 0 Å². The summed E-state index contributed by atoms with van der Waals surface area (Å²) in [5, 5.41) is 38.1. The van der Waals surface area contributed by atoms with Crippen LogP contribution in [0.25, 0.3) is 0 Å². The fourth-order valence-electron chi connectivity index (χ4n) is 2.87. The largest absolute Gasteiger partial charge is 0.456 e. The maximum atomic E-state index is 9.52. The third kappa shape index (κ3) is 1.95. The monoisotopic (exact) mass is 328 g/mol. The molecule has 1 aliphatic heterocycles. The summed E-state index contributed by atoms with van der Waals surface area (Å²) in [6.07, 6.45) is -0.510. The Morgan fingerprint density at radius 2 is 1.04 bits per heavy atom. The Kier molecular flexibility index (Phi) is 3.95. The zero-order chi connectivity index (χ0) is 18.2. The van der Waals surface area contributed by atoms with E-state index in [-0.39, 0.29) is 24.4 Å². The van der Waals surface area contributed by atoms with Crippen molar-refractivity contribution in [3.05, 3.63) is 11.5 Å². The lowest BCUT2D eigenvalue weighted by Gasteiger charge is -2.50. The van der Waals surface area contributed by atoms with Gasteiger partial charge in [-0.1, -0.05) is 0 Å². The zero-order valence-corrected chi connectivity index (χ0v) is 13.8. The van der Waals surface area contributed by atoms with Crippen molar-refractivity contribution >= 4 is 0 Å². The molecule has 0 aromatic heterocycles. The summed E-state index contributed by atoms with van der Waals surface area (Å²) >= 11 is 0. The Morgan fingerprint density at radius 1 is 0.750 bits per heavy atom. The first-order valence-corrected chi connectivity index (χ1v) is 7.10. The molecule has 2 rings (SSSR count). The van der Waals surface area contributed by atoms with Crippen LogP contribution in [0, 0.1) is 56.2 Å². The topological polar surface area (TPSA) is 132 Å². The smallest absolute Gasteiger partial charge is 0.272 e. The molecule has 0 saturated heterocycles. The summed E-state index contributed by atoms with van der Waals surface area (Å²) in [5.41, 5.74) is -3.73. The molecule has 0 spiro atoms. The molecule has 124 valence electrons. The molecular weight excluding hydrogens is 312 g/mol. The van der Waals surface area contributed by atoms with Gasteiger partial charge in [-0.05, 0) is 0 Å². The van der Waals surface area contributed by atoms with Gasteiger partial charge in [0.2, 0.25) is 0 Å². The Labute approximate surface area is 140 Å². The SMILES string of the molecule is CO[C@]1(C)OC2=C(CC(C#N)(C#N)C(C#N)(C#N)C2)O[C@@]1(C)OC. The van der Waals surface area contributed by atoms with Crippen molar-refractivity contribution < 1.29 is 18.9 Å². The normalized spacial score (nSPS) is 32.7. The molecule has 0 aromatic rings. The lowest BCUT2D eigenvalue weighted by molar-refractivity contribution is -0.386. The predicted octanol–water partition coefficient (Wildman–Crippen LogP) is 1.83. The number of allylic oxidation sites excluding steroid dienone is 2. The summed E-state index contributed by atoms with van der Waals surface area (Å²) in [4.78, 5) is 0. The number of nitriles is 4. The molecule has 0 fully saturated rings. The van der Waals surface area contributed by atoms with Crippen molar-refractivity contribution in [2.24, 2.45) is 10.8 Å². The molecule has 0 unspecified atom stereocenters. The second-order valence-electron chi connectivity index (χ2n) is 5.96. The van der Waals surface area contributed by atoms with E-state index in [1.54, 1.807) is 13.8 Å². The first-order chi connectivity index (χ1) is 11.2. The van der Waals surface area contributed by atoms with Crippen LogP contribution in [0.2, 0.25) is 0 Å². The van der Waals surface area contributed by atoms with Gasteiger partial charge < -0.3 is 18.9 Å². The van der Waals surface area contributed by atoms with Crippen LogP contribution in [0.3, 0.4) is 0 Å². The summed E-state index contributed by atoms with van der Waals surface area (Å²) in [7, 11) is 2.82. The Morgan fingerprint density at radius 3 is 1.25 bits per heavy atom. The Balaban J connectivity index is 2.63. The third-order valence-electron chi connectivity index (χ3n) is 4.89. The molecule has 8 nitrogen and oxygen atoms in total. The fourth-order valence-corrected chi connectivity index (χ4v) is 2.87. The molecule has 0 saturated carbocycles. The minimum atomic E-state index is -1.87. The summed E-state index contributed by atoms with van der Waals surface area (Å²) in [6.45, 7) is 3.19. The van der Waals surface area contributed by atoms with E-state index in [1.165, 1.54) is 14.2 Å². The van der Waals surface area contributed by atoms with Gasteiger partial charge in [-0.3, -0.25) is 0 Å².